The van der Waals surface area contributed by atoms with Crippen LogP contribution in [0.5, 0.6) is 0 Å². The average molecular weight is 377 g/mol. The van der Waals surface area contributed by atoms with Gasteiger partial charge in [-0.15, -0.1) is 0 Å². The molecule has 0 radical (unpaired) electrons. The fourth-order valence-corrected chi connectivity index (χ4v) is 6.72. The number of hydrogen-bond acceptors (Lipinski definition) is 3. The summed E-state index contributed by atoms with van der Waals surface area (Å²) < 4.78 is 26.0. The zero-order valence-electron chi connectivity index (χ0n) is 15.8. The molecule has 1 N–H and O–H groups in total. The van der Waals surface area contributed by atoms with E-state index in [1.807, 2.05) is 6.92 Å². The first-order chi connectivity index (χ1) is 12.2. The van der Waals surface area contributed by atoms with Crippen molar-refractivity contribution in [2.24, 2.45) is 17.8 Å². The third-order valence-electron chi connectivity index (χ3n) is 6.65. The molecule has 0 spiro atoms. The molecule has 4 bridgehead atoms. The molecular formula is C20H28N2O3S. The van der Waals surface area contributed by atoms with E-state index in [9.17, 15) is 13.2 Å². The van der Waals surface area contributed by atoms with Crippen LogP contribution in [0.2, 0.25) is 0 Å². The van der Waals surface area contributed by atoms with E-state index in [-0.39, 0.29) is 16.3 Å². The molecule has 4 saturated carbocycles. The molecule has 0 aliphatic heterocycles. The Kier molecular flexibility index (Phi) is 4.19. The lowest BCUT2D eigenvalue weighted by molar-refractivity contribution is -0.0167. The molecule has 0 unspecified atom stereocenters. The van der Waals surface area contributed by atoms with E-state index in [0.717, 1.165) is 42.6 Å². The molecule has 4 aliphatic rings. The van der Waals surface area contributed by atoms with Crippen molar-refractivity contribution < 1.29 is 13.2 Å². The van der Waals surface area contributed by atoms with Crippen molar-refractivity contribution in [2.75, 3.05) is 14.1 Å². The lowest BCUT2D eigenvalue weighted by Gasteiger charge is -2.56. The van der Waals surface area contributed by atoms with Gasteiger partial charge in [0.25, 0.3) is 5.91 Å². The maximum atomic E-state index is 13.1. The largest absolute Gasteiger partial charge is 0.347 e. The lowest BCUT2D eigenvalue weighted by Crippen LogP contribution is -2.59. The second kappa shape index (κ2) is 6.06. The van der Waals surface area contributed by atoms with Crippen LogP contribution in [0.15, 0.2) is 23.1 Å². The van der Waals surface area contributed by atoms with E-state index in [4.69, 9.17) is 0 Å². The predicted molar refractivity (Wildman–Crippen MR) is 100 cm³/mol. The first-order valence-corrected chi connectivity index (χ1v) is 11.0. The van der Waals surface area contributed by atoms with E-state index in [1.165, 1.54) is 43.7 Å². The quantitative estimate of drug-likeness (QED) is 0.879. The molecular weight excluding hydrogens is 348 g/mol. The first kappa shape index (κ1) is 18.0. The van der Waals surface area contributed by atoms with Crippen LogP contribution in [0.3, 0.4) is 0 Å². The van der Waals surface area contributed by atoms with E-state index < -0.39 is 10.0 Å². The molecule has 5 nitrogen and oxygen atoms in total. The molecule has 4 aliphatic carbocycles. The first-order valence-electron chi connectivity index (χ1n) is 9.54. The molecule has 6 heteroatoms. The van der Waals surface area contributed by atoms with Crippen LogP contribution in [0, 0.1) is 24.7 Å². The van der Waals surface area contributed by atoms with Gasteiger partial charge in [0.2, 0.25) is 10.0 Å². The number of amides is 1. The highest BCUT2D eigenvalue weighted by molar-refractivity contribution is 7.89. The molecule has 4 fully saturated rings. The minimum absolute atomic E-state index is 0.0747. The van der Waals surface area contributed by atoms with Gasteiger partial charge in [-0.25, -0.2) is 12.7 Å². The molecule has 26 heavy (non-hydrogen) atoms. The van der Waals surface area contributed by atoms with Crippen LogP contribution in [-0.4, -0.2) is 38.3 Å². The minimum Gasteiger partial charge on any atom is -0.347 e. The Morgan fingerprint density at radius 2 is 1.62 bits per heavy atom. The maximum Gasteiger partial charge on any atom is 0.252 e. The van der Waals surface area contributed by atoms with Gasteiger partial charge in [-0.2, -0.15) is 0 Å². The number of carbonyl (C=O) groups excluding carboxylic acids is 1. The van der Waals surface area contributed by atoms with Crippen molar-refractivity contribution >= 4 is 15.9 Å². The molecule has 0 saturated heterocycles. The Morgan fingerprint density at radius 3 is 2.12 bits per heavy atom. The van der Waals surface area contributed by atoms with Crippen molar-refractivity contribution in [1.82, 2.24) is 9.62 Å². The zero-order valence-corrected chi connectivity index (χ0v) is 16.6. The summed E-state index contributed by atoms with van der Waals surface area (Å²) in [4.78, 5) is 13.2. The monoisotopic (exact) mass is 376 g/mol. The Morgan fingerprint density at radius 1 is 1.08 bits per heavy atom. The van der Waals surface area contributed by atoms with Crippen LogP contribution in [0.25, 0.3) is 0 Å². The summed E-state index contributed by atoms with van der Waals surface area (Å²) in [7, 11) is -0.541. The normalized spacial score (nSPS) is 32.8. The standard InChI is InChI=1S/C20H28N2O3S/c1-13-4-5-17(26(24,25)22(2)3)9-18(13)19(23)21-20-10-14-6-15(11-20)8-16(7-14)12-20/h4-5,9,14-16H,6-8,10-12H2,1-3H3,(H,21,23). The maximum absolute atomic E-state index is 13.1. The number of aryl methyl sites for hydroxylation is 1. The summed E-state index contributed by atoms with van der Waals surface area (Å²) in [5.41, 5.74) is 1.21. The van der Waals surface area contributed by atoms with Crippen LogP contribution in [0.4, 0.5) is 0 Å². The highest BCUT2D eigenvalue weighted by atomic mass is 32.2. The second-order valence-electron chi connectivity index (χ2n) is 8.92. The Hall–Kier alpha value is -1.40. The minimum atomic E-state index is -3.55. The molecule has 1 aromatic rings. The summed E-state index contributed by atoms with van der Waals surface area (Å²) >= 11 is 0. The summed E-state index contributed by atoms with van der Waals surface area (Å²) in [6, 6.07) is 4.83. The van der Waals surface area contributed by atoms with Gasteiger partial charge in [-0.05, 0) is 80.9 Å². The Balaban J connectivity index is 1.61. The summed E-state index contributed by atoms with van der Waals surface area (Å²) in [6.45, 7) is 1.86. The van der Waals surface area contributed by atoms with E-state index in [1.54, 1.807) is 12.1 Å². The smallest absolute Gasteiger partial charge is 0.252 e. The van der Waals surface area contributed by atoms with Gasteiger partial charge in [0.05, 0.1) is 4.90 Å². The number of rotatable bonds is 4. The average Bonchev–Trinajstić information content (AvgIpc) is 2.52. The van der Waals surface area contributed by atoms with Crippen molar-refractivity contribution in [3.8, 4) is 0 Å². The number of nitrogens with one attached hydrogen (secondary N) is 1. The van der Waals surface area contributed by atoms with Gasteiger partial charge < -0.3 is 5.32 Å². The number of benzene rings is 1. The summed E-state index contributed by atoms with van der Waals surface area (Å²) in [5.74, 6) is 2.13. The number of hydrogen-bond donors (Lipinski definition) is 1. The summed E-state index contributed by atoms with van der Waals surface area (Å²) in [6.07, 6.45) is 7.22. The van der Waals surface area contributed by atoms with Gasteiger partial charge in [0.1, 0.15) is 0 Å². The van der Waals surface area contributed by atoms with Crippen LogP contribution >= 0.6 is 0 Å². The van der Waals surface area contributed by atoms with Crippen molar-refractivity contribution in [3.05, 3.63) is 29.3 Å². The molecule has 1 aromatic carbocycles. The van der Waals surface area contributed by atoms with Crippen molar-refractivity contribution in [3.63, 3.8) is 0 Å². The van der Waals surface area contributed by atoms with Crippen molar-refractivity contribution in [2.45, 2.75) is 55.9 Å². The Bertz CT molecular complexity index is 809. The van der Waals surface area contributed by atoms with Gasteiger partial charge in [-0.1, -0.05) is 6.07 Å². The number of sulfonamides is 1. The zero-order chi connectivity index (χ0) is 18.7. The van der Waals surface area contributed by atoms with Gasteiger partial charge in [0.15, 0.2) is 0 Å². The van der Waals surface area contributed by atoms with Gasteiger partial charge in [-0.3, -0.25) is 4.79 Å². The van der Waals surface area contributed by atoms with Gasteiger partial charge in [0, 0.05) is 25.2 Å². The lowest BCUT2D eigenvalue weighted by atomic mass is 9.53. The summed E-state index contributed by atoms with van der Waals surface area (Å²) in [5, 5.41) is 3.34. The molecule has 0 aromatic heterocycles. The third-order valence-corrected chi connectivity index (χ3v) is 8.46. The number of nitrogens with zero attached hydrogens (tertiary/aromatic N) is 1. The van der Waals surface area contributed by atoms with Crippen LogP contribution < -0.4 is 5.32 Å². The Labute approximate surface area is 156 Å². The predicted octanol–water partition coefficient (Wildman–Crippen LogP) is 2.94. The highest BCUT2D eigenvalue weighted by Crippen LogP contribution is 2.55. The fraction of sp³-hybridized carbons (Fsp3) is 0.650. The second-order valence-corrected chi connectivity index (χ2v) is 11.1. The van der Waals surface area contributed by atoms with Gasteiger partial charge >= 0.3 is 0 Å². The van der Waals surface area contributed by atoms with Crippen LogP contribution in [0.1, 0.15) is 54.4 Å². The molecule has 0 heterocycles. The number of carbonyl (C=O) groups is 1. The molecule has 0 atom stereocenters. The fourth-order valence-electron chi connectivity index (χ4n) is 5.79. The van der Waals surface area contributed by atoms with Crippen molar-refractivity contribution in [1.29, 1.82) is 0 Å². The molecule has 1 amide bonds. The molecule has 142 valence electrons. The third kappa shape index (κ3) is 2.97. The SMILES string of the molecule is Cc1ccc(S(=O)(=O)N(C)C)cc1C(=O)NC12CC3CC(CC(C3)C1)C2. The molecule has 5 rings (SSSR count). The topological polar surface area (TPSA) is 66.5 Å². The van der Waals surface area contributed by atoms with E-state index >= 15 is 0 Å². The van der Waals surface area contributed by atoms with Crippen LogP contribution in [-0.2, 0) is 10.0 Å². The van der Waals surface area contributed by atoms with E-state index in [0.29, 0.717) is 5.56 Å². The highest BCUT2D eigenvalue weighted by Gasteiger charge is 2.51. The van der Waals surface area contributed by atoms with E-state index in [2.05, 4.69) is 5.32 Å².